The minimum atomic E-state index is -0.138. The Balaban J connectivity index is 2.15. The average molecular weight is 152 g/mol. The second kappa shape index (κ2) is 2.19. The van der Waals surface area contributed by atoms with Crippen molar-refractivity contribution in [2.24, 2.45) is 5.92 Å². The molecule has 2 aliphatic rings. The smallest absolute Gasteiger partial charge is 0.306 e. The lowest BCUT2D eigenvalue weighted by atomic mass is 10.1. The summed E-state index contributed by atoms with van der Waals surface area (Å²) in [5.41, 5.74) is 0.771. The minimum absolute atomic E-state index is 0.0392. The van der Waals surface area contributed by atoms with Gasteiger partial charge in [0.05, 0.1) is 6.42 Å². The zero-order valence-electron chi connectivity index (χ0n) is 5.95. The van der Waals surface area contributed by atoms with E-state index in [1.807, 2.05) is 6.08 Å². The maximum atomic E-state index is 10.7. The van der Waals surface area contributed by atoms with Gasteiger partial charge >= 0.3 is 5.97 Å². The summed E-state index contributed by atoms with van der Waals surface area (Å²) in [6.07, 6.45) is 3.71. The van der Waals surface area contributed by atoms with E-state index in [9.17, 15) is 9.59 Å². The van der Waals surface area contributed by atoms with Crippen LogP contribution in [0.1, 0.15) is 12.8 Å². The molecule has 2 rings (SSSR count). The number of hydrogen-bond donors (Lipinski definition) is 0. The summed E-state index contributed by atoms with van der Waals surface area (Å²) in [5.74, 6) is 0.0314. The van der Waals surface area contributed by atoms with Gasteiger partial charge in [0, 0.05) is 12.3 Å². The van der Waals surface area contributed by atoms with Crippen molar-refractivity contribution in [3.05, 3.63) is 11.6 Å². The third kappa shape index (κ3) is 0.964. The molecule has 0 N–H and O–H groups in total. The molecule has 2 atom stereocenters. The molecule has 1 aliphatic heterocycles. The Hall–Kier alpha value is -1.12. The fraction of sp³-hybridized carbons (Fsp3) is 0.500. The Morgan fingerprint density at radius 1 is 1.55 bits per heavy atom. The molecule has 0 aromatic heterocycles. The van der Waals surface area contributed by atoms with Gasteiger partial charge in [-0.05, 0) is 5.57 Å². The summed E-state index contributed by atoms with van der Waals surface area (Å²) in [5, 5.41) is 0. The molecule has 0 bridgehead atoms. The standard InChI is InChI=1S/C8H8O3/c9-4-5-1-6-3-8(10)11-7(6)2-5/h1,4,6-7H,2-3H2/t6?,7-/m0/s1. The van der Waals surface area contributed by atoms with E-state index in [4.69, 9.17) is 4.74 Å². The summed E-state index contributed by atoms with van der Waals surface area (Å²) in [6, 6.07) is 0. The van der Waals surface area contributed by atoms with Crippen molar-refractivity contribution in [2.45, 2.75) is 18.9 Å². The topological polar surface area (TPSA) is 43.4 Å². The summed E-state index contributed by atoms with van der Waals surface area (Å²) < 4.78 is 4.97. The lowest BCUT2D eigenvalue weighted by Gasteiger charge is -2.04. The van der Waals surface area contributed by atoms with Gasteiger partial charge in [0.1, 0.15) is 12.4 Å². The summed E-state index contributed by atoms with van der Waals surface area (Å²) in [6.45, 7) is 0. The average Bonchev–Trinajstić information content (AvgIpc) is 2.43. The van der Waals surface area contributed by atoms with Gasteiger partial charge in [0.2, 0.25) is 0 Å². The highest BCUT2D eigenvalue weighted by atomic mass is 16.5. The molecule has 0 aromatic carbocycles. The minimum Gasteiger partial charge on any atom is -0.461 e. The van der Waals surface area contributed by atoms with Crippen LogP contribution in [-0.4, -0.2) is 18.4 Å². The van der Waals surface area contributed by atoms with Gasteiger partial charge in [0.25, 0.3) is 0 Å². The van der Waals surface area contributed by atoms with Crippen LogP contribution in [0.3, 0.4) is 0 Å². The fourth-order valence-electron chi connectivity index (χ4n) is 1.65. The zero-order chi connectivity index (χ0) is 7.84. The predicted molar refractivity (Wildman–Crippen MR) is 36.8 cm³/mol. The molecule has 3 heteroatoms. The number of carbonyl (C=O) groups excluding carboxylic acids is 2. The molecule has 0 saturated carbocycles. The molecular formula is C8H8O3. The number of carbonyl (C=O) groups is 2. The molecule has 1 aliphatic carbocycles. The van der Waals surface area contributed by atoms with Crippen LogP contribution in [0.2, 0.25) is 0 Å². The van der Waals surface area contributed by atoms with Crippen molar-refractivity contribution in [1.29, 1.82) is 0 Å². The second-order valence-corrected chi connectivity index (χ2v) is 2.96. The van der Waals surface area contributed by atoms with Gasteiger partial charge in [-0.25, -0.2) is 0 Å². The lowest BCUT2D eigenvalue weighted by molar-refractivity contribution is -0.141. The Morgan fingerprint density at radius 2 is 2.36 bits per heavy atom. The van der Waals surface area contributed by atoms with Crippen LogP contribution in [0.25, 0.3) is 0 Å². The van der Waals surface area contributed by atoms with Crippen LogP contribution in [0.4, 0.5) is 0 Å². The van der Waals surface area contributed by atoms with E-state index in [2.05, 4.69) is 0 Å². The van der Waals surface area contributed by atoms with E-state index < -0.39 is 0 Å². The fourth-order valence-corrected chi connectivity index (χ4v) is 1.65. The molecule has 1 unspecified atom stereocenters. The molecule has 0 aromatic rings. The van der Waals surface area contributed by atoms with E-state index in [0.29, 0.717) is 12.8 Å². The van der Waals surface area contributed by atoms with E-state index in [0.717, 1.165) is 11.9 Å². The van der Waals surface area contributed by atoms with Crippen LogP contribution < -0.4 is 0 Å². The molecule has 0 radical (unpaired) electrons. The van der Waals surface area contributed by atoms with Gasteiger partial charge in [0.15, 0.2) is 0 Å². The summed E-state index contributed by atoms with van der Waals surface area (Å²) in [4.78, 5) is 21.0. The highest BCUT2D eigenvalue weighted by Crippen LogP contribution is 2.34. The molecule has 3 nitrogen and oxygen atoms in total. The van der Waals surface area contributed by atoms with Crippen molar-refractivity contribution >= 4 is 12.3 Å². The largest absolute Gasteiger partial charge is 0.461 e. The van der Waals surface area contributed by atoms with Crippen LogP contribution in [0, 0.1) is 5.92 Å². The normalized spacial score (nSPS) is 34.5. The van der Waals surface area contributed by atoms with Crippen LogP contribution in [-0.2, 0) is 14.3 Å². The van der Waals surface area contributed by atoms with Crippen LogP contribution >= 0.6 is 0 Å². The van der Waals surface area contributed by atoms with E-state index in [-0.39, 0.29) is 18.0 Å². The van der Waals surface area contributed by atoms with Crippen molar-refractivity contribution in [1.82, 2.24) is 0 Å². The molecule has 11 heavy (non-hydrogen) atoms. The highest BCUT2D eigenvalue weighted by molar-refractivity contribution is 5.78. The number of fused-ring (bicyclic) bond motifs is 1. The molecular weight excluding hydrogens is 144 g/mol. The Morgan fingerprint density at radius 3 is 3.00 bits per heavy atom. The molecule has 0 spiro atoms. The molecule has 1 saturated heterocycles. The monoisotopic (exact) mass is 152 g/mol. The molecule has 1 heterocycles. The number of rotatable bonds is 1. The van der Waals surface area contributed by atoms with Crippen molar-refractivity contribution < 1.29 is 14.3 Å². The quantitative estimate of drug-likeness (QED) is 0.404. The third-order valence-corrected chi connectivity index (χ3v) is 2.18. The molecule has 0 amide bonds. The zero-order valence-corrected chi connectivity index (χ0v) is 5.95. The summed E-state index contributed by atoms with van der Waals surface area (Å²) in [7, 11) is 0. The number of ether oxygens (including phenoxy) is 1. The maximum absolute atomic E-state index is 10.7. The van der Waals surface area contributed by atoms with Gasteiger partial charge in [-0.1, -0.05) is 6.08 Å². The van der Waals surface area contributed by atoms with Crippen molar-refractivity contribution in [2.75, 3.05) is 0 Å². The third-order valence-electron chi connectivity index (χ3n) is 2.18. The van der Waals surface area contributed by atoms with Gasteiger partial charge < -0.3 is 4.74 Å². The van der Waals surface area contributed by atoms with Crippen LogP contribution in [0.15, 0.2) is 11.6 Å². The van der Waals surface area contributed by atoms with Gasteiger partial charge in [-0.3, -0.25) is 9.59 Å². The Bertz CT molecular complexity index is 242. The molecule has 58 valence electrons. The first-order chi connectivity index (χ1) is 5.29. The van der Waals surface area contributed by atoms with Crippen LogP contribution in [0.5, 0.6) is 0 Å². The lowest BCUT2D eigenvalue weighted by Crippen LogP contribution is -2.08. The highest BCUT2D eigenvalue weighted by Gasteiger charge is 2.37. The number of hydrogen-bond acceptors (Lipinski definition) is 3. The van der Waals surface area contributed by atoms with Crippen molar-refractivity contribution in [3.63, 3.8) is 0 Å². The Labute approximate surface area is 64.0 Å². The SMILES string of the molecule is O=CC1=CC2CC(=O)O[C@H]2C1. The number of aldehydes is 1. The second-order valence-electron chi connectivity index (χ2n) is 2.96. The first kappa shape index (κ1) is 6.58. The van der Waals surface area contributed by atoms with E-state index in [1.165, 1.54) is 0 Å². The van der Waals surface area contributed by atoms with Crippen molar-refractivity contribution in [3.8, 4) is 0 Å². The van der Waals surface area contributed by atoms with Gasteiger partial charge in [-0.15, -0.1) is 0 Å². The number of esters is 1. The molecule has 1 fully saturated rings. The Kier molecular flexibility index (Phi) is 1.31. The summed E-state index contributed by atoms with van der Waals surface area (Å²) >= 11 is 0. The van der Waals surface area contributed by atoms with Gasteiger partial charge in [-0.2, -0.15) is 0 Å². The van der Waals surface area contributed by atoms with E-state index >= 15 is 0 Å². The first-order valence-corrected chi connectivity index (χ1v) is 3.65. The maximum Gasteiger partial charge on any atom is 0.306 e. The predicted octanol–water partition coefficient (Wildman–Crippen LogP) is 0.447. The first-order valence-electron chi connectivity index (χ1n) is 3.65. The van der Waals surface area contributed by atoms with E-state index in [1.54, 1.807) is 0 Å².